The number of hydrogen-bond acceptors (Lipinski definition) is 3. The average Bonchev–Trinajstić information content (AvgIpc) is 2.88. The van der Waals surface area contributed by atoms with E-state index in [1.54, 1.807) is 12.1 Å². The number of aryl methyl sites for hydroxylation is 1. The number of nitrogens with zero attached hydrogens (tertiary/aromatic N) is 3. The van der Waals surface area contributed by atoms with E-state index < -0.39 is 0 Å². The van der Waals surface area contributed by atoms with E-state index in [4.69, 9.17) is 11.6 Å². The smallest absolute Gasteiger partial charge is 0.196 e. The molecule has 1 heterocycles. The molecule has 0 aliphatic carbocycles. The van der Waals surface area contributed by atoms with Crippen LogP contribution in [0.5, 0.6) is 0 Å². The molecule has 3 rings (SSSR count). The first-order valence-corrected chi connectivity index (χ1v) is 8.05. The third kappa shape index (κ3) is 3.15. The maximum absolute atomic E-state index is 13.8. The third-order valence-electron chi connectivity index (χ3n) is 3.18. The Balaban J connectivity index is 1.85. The highest BCUT2D eigenvalue weighted by atomic mass is 35.5. The normalized spacial score (nSPS) is 10.9. The van der Waals surface area contributed by atoms with Crippen LogP contribution in [-0.4, -0.2) is 14.8 Å². The number of halogens is 2. The van der Waals surface area contributed by atoms with Crippen LogP contribution in [0.15, 0.2) is 53.7 Å². The molecule has 3 aromatic rings. The van der Waals surface area contributed by atoms with Crippen molar-refractivity contribution in [1.29, 1.82) is 0 Å². The van der Waals surface area contributed by atoms with Crippen LogP contribution < -0.4 is 0 Å². The van der Waals surface area contributed by atoms with Crippen molar-refractivity contribution in [2.75, 3.05) is 0 Å². The van der Waals surface area contributed by atoms with Crippen LogP contribution in [0.25, 0.3) is 5.69 Å². The van der Waals surface area contributed by atoms with Crippen molar-refractivity contribution in [3.05, 3.63) is 70.8 Å². The maximum Gasteiger partial charge on any atom is 0.196 e. The molecule has 0 aliphatic rings. The van der Waals surface area contributed by atoms with Gasteiger partial charge in [-0.25, -0.2) is 4.39 Å². The summed E-state index contributed by atoms with van der Waals surface area (Å²) < 4.78 is 15.8. The lowest BCUT2D eigenvalue weighted by molar-refractivity contribution is 0.617. The quantitative estimate of drug-likeness (QED) is 0.650. The SMILES string of the molecule is Cc1nnc(SCc2ccc(Cl)cc2F)n1-c1ccccc1. The number of para-hydroxylation sites is 1. The summed E-state index contributed by atoms with van der Waals surface area (Å²) in [7, 11) is 0. The van der Waals surface area contributed by atoms with E-state index in [1.165, 1.54) is 17.8 Å². The van der Waals surface area contributed by atoms with Gasteiger partial charge in [0, 0.05) is 16.5 Å². The summed E-state index contributed by atoms with van der Waals surface area (Å²) >= 11 is 7.21. The first-order chi connectivity index (χ1) is 10.6. The molecule has 112 valence electrons. The fourth-order valence-electron chi connectivity index (χ4n) is 2.09. The second-order valence-electron chi connectivity index (χ2n) is 4.73. The molecule has 0 saturated heterocycles. The molecule has 22 heavy (non-hydrogen) atoms. The van der Waals surface area contributed by atoms with E-state index in [2.05, 4.69) is 10.2 Å². The zero-order chi connectivity index (χ0) is 15.5. The number of benzene rings is 2. The maximum atomic E-state index is 13.8. The lowest BCUT2D eigenvalue weighted by Crippen LogP contribution is -1.99. The van der Waals surface area contributed by atoms with Gasteiger partial charge in [0.1, 0.15) is 11.6 Å². The molecule has 0 unspecified atom stereocenters. The Labute approximate surface area is 137 Å². The minimum Gasteiger partial charge on any atom is -0.274 e. The van der Waals surface area contributed by atoms with Gasteiger partial charge in [0.05, 0.1) is 0 Å². The summed E-state index contributed by atoms with van der Waals surface area (Å²) in [6.07, 6.45) is 0. The molecule has 0 saturated carbocycles. The standard InChI is InChI=1S/C16H13ClFN3S/c1-11-19-20-16(21(11)14-5-3-2-4-6-14)22-10-12-7-8-13(17)9-15(12)18/h2-9H,10H2,1H3. The van der Waals surface area contributed by atoms with Crippen molar-refractivity contribution in [1.82, 2.24) is 14.8 Å². The summed E-state index contributed by atoms with van der Waals surface area (Å²) in [6, 6.07) is 14.6. The predicted octanol–water partition coefficient (Wildman–Crippen LogP) is 4.66. The van der Waals surface area contributed by atoms with Crippen molar-refractivity contribution in [2.45, 2.75) is 17.8 Å². The lowest BCUT2D eigenvalue weighted by Gasteiger charge is -2.08. The van der Waals surface area contributed by atoms with Crippen LogP contribution in [0.2, 0.25) is 5.02 Å². The molecule has 0 fully saturated rings. The second kappa shape index (κ2) is 6.50. The Hall–Kier alpha value is -1.85. The van der Waals surface area contributed by atoms with Gasteiger partial charge >= 0.3 is 0 Å². The second-order valence-corrected chi connectivity index (χ2v) is 6.10. The minimum absolute atomic E-state index is 0.303. The average molecular weight is 334 g/mol. The van der Waals surface area contributed by atoms with E-state index in [-0.39, 0.29) is 5.82 Å². The molecule has 6 heteroatoms. The molecular weight excluding hydrogens is 321 g/mol. The molecule has 0 N–H and O–H groups in total. The highest BCUT2D eigenvalue weighted by molar-refractivity contribution is 7.98. The molecule has 0 bridgehead atoms. The predicted molar refractivity (Wildman–Crippen MR) is 87.1 cm³/mol. The number of hydrogen-bond donors (Lipinski definition) is 0. The molecule has 0 spiro atoms. The lowest BCUT2D eigenvalue weighted by atomic mass is 10.2. The Morgan fingerprint density at radius 1 is 1.14 bits per heavy atom. The number of aromatic nitrogens is 3. The van der Waals surface area contributed by atoms with Crippen LogP contribution >= 0.6 is 23.4 Å². The van der Waals surface area contributed by atoms with E-state index >= 15 is 0 Å². The number of rotatable bonds is 4. The molecular formula is C16H13ClFN3S. The van der Waals surface area contributed by atoms with E-state index in [0.29, 0.717) is 16.3 Å². The summed E-state index contributed by atoms with van der Waals surface area (Å²) in [5.41, 5.74) is 1.58. The van der Waals surface area contributed by atoms with Gasteiger partial charge in [-0.05, 0) is 36.8 Å². The third-order valence-corrected chi connectivity index (χ3v) is 4.39. The van der Waals surface area contributed by atoms with Gasteiger partial charge in [-0.2, -0.15) is 0 Å². The Morgan fingerprint density at radius 2 is 1.91 bits per heavy atom. The molecule has 0 aliphatic heterocycles. The molecule has 0 atom stereocenters. The van der Waals surface area contributed by atoms with Crippen molar-refractivity contribution in [3.63, 3.8) is 0 Å². The first kappa shape index (κ1) is 15.1. The van der Waals surface area contributed by atoms with Gasteiger partial charge < -0.3 is 0 Å². The van der Waals surface area contributed by atoms with Crippen molar-refractivity contribution in [3.8, 4) is 5.69 Å². The first-order valence-electron chi connectivity index (χ1n) is 6.69. The van der Waals surface area contributed by atoms with Gasteiger partial charge in [-0.1, -0.05) is 47.6 Å². The zero-order valence-corrected chi connectivity index (χ0v) is 13.4. The number of thioether (sulfide) groups is 1. The van der Waals surface area contributed by atoms with E-state index in [9.17, 15) is 4.39 Å². The fraction of sp³-hybridized carbons (Fsp3) is 0.125. The van der Waals surface area contributed by atoms with E-state index in [0.717, 1.165) is 16.7 Å². The Kier molecular flexibility index (Phi) is 4.45. The molecule has 1 aromatic heterocycles. The topological polar surface area (TPSA) is 30.7 Å². The summed E-state index contributed by atoms with van der Waals surface area (Å²) in [5.74, 6) is 0.960. The van der Waals surface area contributed by atoms with Gasteiger partial charge in [-0.15, -0.1) is 10.2 Å². The highest BCUT2D eigenvalue weighted by Crippen LogP contribution is 2.26. The molecule has 0 amide bonds. The Morgan fingerprint density at radius 3 is 2.64 bits per heavy atom. The largest absolute Gasteiger partial charge is 0.274 e. The minimum atomic E-state index is -0.303. The molecule has 3 nitrogen and oxygen atoms in total. The van der Waals surface area contributed by atoms with Gasteiger partial charge in [0.15, 0.2) is 5.16 Å². The summed E-state index contributed by atoms with van der Waals surface area (Å²) in [5, 5.41) is 9.43. The van der Waals surface area contributed by atoms with Crippen molar-refractivity contribution >= 4 is 23.4 Å². The summed E-state index contributed by atoms with van der Waals surface area (Å²) in [4.78, 5) is 0. The van der Waals surface area contributed by atoms with Gasteiger partial charge in [-0.3, -0.25) is 4.57 Å². The monoisotopic (exact) mass is 333 g/mol. The Bertz CT molecular complexity index is 789. The van der Waals surface area contributed by atoms with Crippen LogP contribution in [-0.2, 0) is 5.75 Å². The van der Waals surface area contributed by atoms with Gasteiger partial charge in [0.2, 0.25) is 0 Å². The molecule has 0 radical (unpaired) electrons. The van der Waals surface area contributed by atoms with Gasteiger partial charge in [0.25, 0.3) is 0 Å². The van der Waals surface area contributed by atoms with Crippen LogP contribution in [0.4, 0.5) is 4.39 Å². The summed E-state index contributed by atoms with van der Waals surface area (Å²) in [6.45, 7) is 1.90. The van der Waals surface area contributed by atoms with Crippen LogP contribution in [0.3, 0.4) is 0 Å². The molecule has 2 aromatic carbocycles. The van der Waals surface area contributed by atoms with Crippen LogP contribution in [0, 0.1) is 12.7 Å². The fourth-order valence-corrected chi connectivity index (χ4v) is 3.23. The van der Waals surface area contributed by atoms with E-state index in [1.807, 2.05) is 41.8 Å². The van der Waals surface area contributed by atoms with Crippen molar-refractivity contribution < 1.29 is 4.39 Å². The zero-order valence-electron chi connectivity index (χ0n) is 11.8. The van der Waals surface area contributed by atoms with Crippen LogP contribution in [0.1, 0.15) is 11.4 Å². The van der Waals surface area contributed by atoms with Crippen molar-refractivity contribution in [2.24, 2.45) is 0 Å². The highest BCUT2D eigenvalue weighted by Gasteiger charge is 2.12.